The third kappa shape index (κ3) is 5.10. The van der Waals surface area contributed by atoms with Gasteiger partial charge in [0.1, 0.15) is 11.8 Å². The molecule has 8 nitrogen and oxygen atoms in total. The van der Waals surface area contributed by atoms with Gasteiger partial charge in [-0.3, -0.25) is 14.4 Å². The van der Waals surface area contributed by atoms with Crippen molar-refractivity contribution in [3.05, 3.63) is 53.6 Å². The second kappa shape index (κ2) is 11.9. The number of aliphatic hydroxyl groups is 1. The van der Waals surface area contributed by atoms with Gasteiger partial charge in [0.25, 0.3) is 0 Å². The molecule has 1 spiro atoms. The monoisotopic (exact) mass is 599 g/mol. The van der Waals surface area contributed by atoms with Gasteiger partial charge in [-0.25, -0.2) is 0 Å². The Labute approximate surface area is 250 Å². The largest absolute Gasteiger partial charge is 0.494 e. The maximum absolute atomic E-state index is 14.4. The Balaban J connectivity index is 1.50. The van der Waals surface area contributed by atoms with Crippen LogP contribution in [0.4, 0.5) is 11.4 Å². The van der Waals surface area contributed by atoms with E-state index in [-0.39, 0.29) is 41.4 Å². The van der Waals surface area contributed by atoms with Gasteiger partial charge >= 0.3 is 0 Å². The molecular formula is C31H38ClN3O5S. The summed E-state index contributed by atoms with van der Waals surface area (Å²) in [4.78, 5) is 44.1. The molecule has 3 unspecified atom stereocenters. The number of nitrogens with zero attached hydrogens (tertiary/aromatic N) is 1. The van der Waals surface area contributed by atoms with Crippen LogP contribution < -0.4 is 15.4 Å². The number of ether oxygens (including phenoxy) is 1. The molecule has 0 aliphatic carbocycles. The SMILES string of the molecule is CCOc1ccc(NC(=O)[C@@H]2[C@@H]3CC(C)C4(S3)C(C(=O)Nc3ccc(Cl)cc3)N([C@@H](CO)[C@@H](C)CC)C(=O)[C@H]24)cc1. The fourth-order valence-electron chi connectivity index (χ4n) is 7.00. The Bertz CT molecular complexity index is 1290. The van der Waals surface area contributed by atoms with Crippen molar-refractivity contribution >= 4 is 52.5 Å². The van der Waals surface area contributed by atoms with Crippen LogP contribution in [0.3, 0.4) is 0 Å². The molecule has 8 atom stereocenters. The highest BCUT2D eigenvalue weighted by molar-refractivity contribution is 8.02. The van der Waals surface area contributed by atoms with Crippen molar-refractivity contribution in [1.29, 1.82) is 0 Å². The highest BCUT2D eigenvalue weighted by Crippen LogP contribution is 2.69. The molecule has 41 heavy (non-hydrogen) atoms. The minimum Gasteiger partial charge on any atom is -0.494 e. The number of anilines is 2. The van der Waals surface area contributed by atoms with Crippen molar-refractivity contribution in [2.45, 2.75) is 62.6 Å². The van der Waals surface area contributed by atoms with E-state index in [0.717, 1.165) is 12.8 Å². The van der Waals surface area contributed by atoms with Gasteiger partial charge in [0.15, 0.2) is 0 Å². The van der Waals surface area contributed by atoms with Crippen molar-refractivity contribution in [2.24, 2.45) is 23.7 Å². The summed E-state index contributed by atoms with van der Waals surface area (Å²) in [6.07, 6.45) is 1.45. The van der Waals surface area contributed by atoms with E-state index in [1.807, 2.05) is 20.8 Å². The molecule has 3 aliphatic heterocycles. The summed E-state index contributed by atoms with van der Waals surface area (Å²) in [6, 6.07) is 12.6. The number of rotatable bonds is 10. The summed E-state index contributed by atoms with van der Waals surface area (Å²) in [5.41, 5.74) is 1.20. The maximum Gasteiger partial charge on any atom is 0.248 e. The number of amides is 3. The van der Waals surface area contributed by atoms with Crippen molar-refractivity contribution in [3.63, 3.8) is 0 Å². The molecule has 2 aromatic carbocycles. The first-order chi connectivity index (χ1) is 19.7. The number of carbonyl (C=O) groups is 3. The molecule has 2 bridgehead atoms. The minimum atomic E-state index is -0.838. The molecule has 3 amide bonds. The normalized spacial score (nSPS) is 29.7. The number of fused-ring (bicyclic) bond motifs is 1. The highest BCUT2D eigenvalue weighted by atomic mass is 35.5. The van der Waals surface area contributed by atoms with Gasteiger partial charge in [-0.2, -0.15) is 0 Å². The third-order valence-electron chi connectivity index (χ3n) is 9.12. The molecule has 2 aromatic rings. The Morgan fingerprint density at radius 3 is 2.29 bits per heavy atom. The standard InChI is InChI=1S/C31H38ClN3O5S/c1-5-17(3)23(16-36)35-27(29(38)34-20-9-7-19(32)8-10-20)31-18(4)15-24(41-31)25(26(31)30(35)39)28(37)33-21-11-13-22(14-12-21)40-6-2/h7-14,17-18,23-27,36H,5-6,15-16H2,1-4H3,(H,33,37)(H,34,38)/t17-,18?,23-,24-,25+,26-,27?,31?/m0/s1. The summed E-state index contributed by atoms with van der Waals surface area (Å²) >= 11 is 7.67. The number of aliphatic hydroxyl groups excluding tert-OH is 1. The topological polar surface area (TPSA) is 108 Å². The quantitative estimate of drug-likeness (QED) is 0.352. The smallest absolute Gasteiger partial charge is 0.248 e. The molecule has 5 rings (SSSR count). The molecule has 220 valence electrons. The molecule has 3 fully saturated rings. The van der Waals surface area contributed by atoms with Crippen LogP contribution in [0.5, 0.6) is 5.75 Å². The Kier molecular flexibility index (Phi) is 8.60. The van der Waals surface area contributed by atoms with Crippen molar-refractivity contribution in [2.75, 3.05) is 23.8 Å². The lowest BCUT2D eigenvalue weighted by atomic mass is 9.66. The predicted octanol–water partition coefficient (Wildman–Crippen LogP) is 5.06. The Morgan fingerprint density at radius 1 is 1.10 bits per heavy atom. The molecule has 3 heterocycles. The lowest BCUT2D eigenvalue weighted by molar-refractivity contribution is -0.142. The number of hydrogen-bond donors (Lipinski definition) is 3. The second-order valence-electron chi connectivity index (χ2n) is 11.4. The van der Waals surface area contributed by atoms with Crippen molar-refractivity contribution in [3.8, 4) is 5.75 Å². The minimum absolute atomic E-state index is 0.0169. The van der Waals surface area contributed by atoms with Gasteiger partial charge in [-0.15, -0.1) is 11.8 Å². The van der Waals surface area contributed by atoms with Gasteiger partial charge in [-0.05, 0) is 73.7 Å². The molecule has 10 heteroatoms. The first-order valence-corrected chi connectivity index (χ1v) is 15.6. The number of benzene rings is 2. The Hall–Kier alpha value is -2.75. The van der Waals surface area contributed by atoms with Gasteiger partial charge in [0.2, 0.25) is 17.7 Å². The average molecular weight is 600 g/mol. The zero-order chi connectivity index (χ0) is 29.5. The Morgan fingerprint density at radius 2 is 1.71 bits per heavy atom. The van der Waals surface area contributed by atoms with Crippen LogP contribution in [-0.2, 0) is 14.4 Å². The summed E-state index contributed by atoms with van der Waals surface area (Å²) < 4.78 is 4.72. The molecule has 3 aliphatic rings. The molecular weight excluding hydrogens is 562 g/mol. The fourth-order valence-corrected chi connectivity index (χ4v) is 9.54. The summed E-state index contributed by atoms with van der Waals surface area (Å²) in [5.74, 6) is -1.34. The van der Waals surface area contributed by atoms with E-state index >= 15 is 0 Å². The van der Waals surface area contributed by atoms with E-state index in [1.165, 1.54) is 0 Å². The van der Waals surface area contributed by atoms with Crippen LogP contribution in [0.2, 0.25) is 5.02 Å². The van der Waals surface area contributed by atoms with E-state index in [4.69, 9.17) is 16.3 Å². The number of nitrogens with one attached hydrogen (secondary N) is 2. The van der Waals surface area contributed by atoms with E-state index in [0.29, 0.717) is 28.8 Å². The first kappa shape index (κ1) is 29.7. The molecule has 0 aromatic heterocycles. The van der Waals surface area contributed by atoms with Crippen LogP contribution in [0, 0.1) is 23.7 Å². The molecule has 0 saturated carbocycles. The first-order valence-electron chi connectivity index (χ1n) is 14.4. The van der Waals surface area contributed by atoms with Gasteiger partial charge in [-0.1, -0.05) is 38.8 Å². The average Bonchev–Trinajstić information content (AvgIpc) is 3.55. The van der Waals surface area contributed by atoms with Crippen LogP contribution in [0.15, 0.2) is 48.5 Å². The van der Waals surface area contributed by atoms with Gasteiger partial charge in [0, 0.05) is 21.6 Å². The van der Waals surface area contributed by atoms with Gasteiger partial charge < -0.3 is 25.4 Å². The summed E-state index contributed by atoms with van der Waals surface area (Å²) in [5, 5.41) is 17.0. The van der Waals surface area contributed by atoms with E-state index in [2.05, 4.69) is 17.6 Å². The zero-order valence-electron chi connectivity index (χ0n) is 23.8. The van der Waals surface area contributed by atoms with Crippen LogP contribution in [0.25, 0.3) is 0 Å². The molecule has 3 saturated heterocycles. The van der Waals surface area contributed by atoms with Crippen LogP contribution in [0.1, 0.15) is 40.5 Å². The lowest BCUT2D eigenvalue weighted by Crippen LogP contribution is -2.58. The third-order valence-corrected chi connectivity index (χ3v) is 11.5. The number of likely N-dealkylation sites (tertiary alicyclic amines) is 1. The predicted molar refractivity (Wildman–Crippen MR) is 162 cm³/mol. The zero-order valence-corrected chi connectivity index (χ0v) is 25.4. The van der Waals surface area contributed by atoms with Crippen LogP contribution >= 0.6 is 23.4 Å². The fraction of sp³-hybridized carbons (Fsp3) is 0.516. The van der Waals surface area contributed by atoms with Crippen molar-refractivity contribution in [1.82, 2.24) is 4.90 Å². The van der Waals surface area contributed by atoms with E-state index < -0.39 is 28.7 Å². The molecule has 0 radical (unpaired) electrons. The maximum atomic E-state index is 14.4. The number of hydrogen-bond acceptors (Lipinski definition) is 6. The van der Waals surface area contributed by atoms with Crippen LogP contribution in [-0.4, -0.2) is 63.0 Å². The highest BCUT2D eigenvalue weighted by Gasteiger charge is 2.76. The summed E-state index contributed by atoms with van der Waals surface area (Å²) in [6.45, 7) is 8.26. The second-order valence-corrected chi connectivity index (χ2v) is 13.4. The number of halogens is 1. The summed E-state index contributed by atoms with van der Waals surface area (Å²) in [7, 11) is 0. The number of thioether (sulfide) groups is 1. The van der Waals surface area contributed by atoms with E-state index in [9.17, 15) is 19.5 Å². The van der Waals surface area contributed by atoms with Crippen molar-refractivity contribution < 1.29 is 24.2 Å². The lowest BCUT2D eigenvalue weighted by Gasteiger charge is -2.41. The van der Waals surface area contributed by atoms with E-state index in [1.54, 1.807) is 65.2 Å². The van der Waals surface area contributed by atoms with Gasteiger partial charge in [0.05, 0.1) is 35.8 Å². The number of carbonyl (C=O) groups excluding carboxylic acids is 3. The molecule has 3 N–H and O–H groups in total.